The number of aliphatic hydroxyl groups is 1. The van der Waals surface area contributed by atoms with Crippen LogP contribution < -0.4 is 17.2 Å². The normalized spacial score (nSPS) is 37.7. The van der Waals surface area contributed by atoms with Gasteiger partial charge in [-0.05, 0) is 11.8 Å². The molecule has 7 heterocycles. The zero-order valence-electron chi connectivity index (χ0n) is 22.3. The number of imidazole rings is 2. The zero-order chi connectivity index (χ0) is 31.8. The number of ether oxygens (including phenoxy) is 2. The highest BCUT2D eigenvalue weighted by Gasteiger charge is 2.53. The van der Waals surface area contributed by atoms with E-state index in [0.29, 0.717) is 0 Å². The maximum atomic E-state index is 15.9. The Morgan fingerprint density at radius 3 is 2.47 bits per heavy atom. The molecule has 3 aliphatic rings. The Labute approximate surface area is 260 Å². The number of nitrogens with zero attached hydrogens (tertiary/aromatic N) is 7. The number of aromatic amines is 1. The SMILES string of the molecule is Nc1ncnc2c1ncn2[C@@H]1O[C@@H]2COP(=O)(S)O[C@@H]3[C@H](O)[C@@H](COP(O)(=S)O[C@@H]1[C@@H]2F)O[C@H]3n1c(=O)[nH]c2c(N)ncnc21. The molecule has 3 aliphatic heterocycles. The number of hydrogen-bond donors (Lipinski definition) is 6. The van der Waals surface area contributed by atoms with Crippen LogP contribution in [0.15, 0.2) is 23.8 Å². The Balaban J connectivity index is 1.23. The summed E-state index contributed by atoms with van der Waals surface area (Å²) in [5.74, 6) is -0.00835. The van der Waals surface area contributed by atoms with Crippen LogP contribution in [0, 0.1) is 0 Å². The predicted molar refractivity (Wildman–Crippen MR) is 156 cm³/mol. The second-order valence-corrected chi connectivity index (χ2v) is 15.7. The highest BCUT2D eigenvalue weighted by Crippen LogP contribution is 2.58. The van der Waals surface area contributed by atoms with Crippen molar-refractivity contribution >= 4 is 71.5 Å². The van der Waals surface area contributed by atoms with Crippen LogP contribution in [-0.4, -0.2) is 98.9 Å². The number of aromatic nitrogens is 8. The molecule has 4 bridgehead atoms. The van der Waals surface area contributed by atoms with E-state index in [2.05, 4.69) is 42.2 Å². The molecule has 10 atom stereocenters. The maximum absolute atomic E-state index is 15.9. The van der Waals surface area contributed by atoms with Gasteiger partial charge in [-0.25, -0.2) is 43.2 Å². The van der Waals surface area contributed by atoms with E-state index in [1.165, 1.54) is 10.9 Å². The molecule has 45 heavy (non-hydrogen) atoms. The number of alkyl halides is 1. The molecule has 0 aromatic carbocycles. The average Bonchev–Trinajstić information content (AvgIpc) is 3.71. The number of rotatable bonds is 2. The van der Waals surface area contributed by atoms with E-state index in [-0.39, 0.29) is 34.0 Å². The van der Waals surface area contributed by atoms with Crippen molar-refractivity contribution in [2.75, 3.05) is 24.7 Å². The number of thiol groups is 1. The zero-order valence-corrected chi connectivity index (χ0v) is 25.8. The topological polar surface area (TPSA) is 272 Å². The Kier molecular flexibility index (Phi) is 7.74. The lowest BCUT2D eigenvalue weighted by atomic mass is 10.1. The van der Waals surface area contributed by atoms with E-state index < -0.39 is 81.6 Å². The number of fused-ring (bicyclic) bond motifs is 6. The monoisotopic (exact) mass is 708 g/mol. The molecule has 4 aromatic heterocycles. The Morgan fingerprint density at radius 1 is 1.00 bits per heavy atom. The number of nitrogens with one attached hydrogen (secondary N) is 1. The lowest BCUT2D eigenvalue weighted by molar-refractivity contribution is -0.0606. The van der Waals surface area contributed by atoms with Gasteiger partial charge in [0.15, 0.2) is 41.6 Å². The molecule has 7 N–H and O–H groups in total. The molecule has 4 aromatic rings. The van der Waals surface area contributed by atoms with E-state index in [9.17, 15) is 19.4 Å². The van der Waals surface area contributed by atoms with Crippen molar-refractivity contribution < 1.29 is 46.5 Å². The molecule has 0 amide bonds. The number of anilines is 2. The van der Waals surface area contributed by atoms with E-state index in [1.54, 1.807) is 0 Å². The minimum Gasteiger partial charge on any atom is -0.387 e. The first-order valence-corrected chi connectivity index (χ1v) is 18.2. The minimum absolute atomic E-state index is 0.0283. The van der Waals surface area contributed by atoms with Gasteiger partial charge in [-0.3, -0.25) is 18.1 Å². The molecule has 20 nitrogen and oxygen atoms in total. The summed E-state index contributed by atoms with van der Waals surface area (Å²) >= 11 is 9.19. The first-order chi connectivity index (χ1) is 21.3. The van der Waals surface area contributed by atoms with Crippen LogP contribution in [0.5, 0.6) is 0 Å². The first kappa shape index (κ1) is 31.0. The quantitative estimate of drug-likeness (QED) is 0.115. The minimum atomic E-state index is -4.46. The van der Waals surface area contributed by atoms with Crippen molar-refractivity contribution in [1.29, 1.82) is 0 Å². The highest BCUT2D eigenvalue weighted by molar-refractivity contribution is 8.44. The van der Waals surface area contributed by atoms with Gasteiger partial charge in [-0.15, -0.1) is 0 Å². The fourth-order valence-electron chi connectivity index (χ4n) is 5.29. The summed E-state index contributed by atoms with van der Waals surface area (Å²) in [4.78, 5) is 46.5. The average molecular weight is 709 g/mol. The number of halogens is 1. The van der Waals surface area contributed by atoms with Crippen molar-refractivity contribution in [2.24, 2.45) is 0 Å². The van der Waals surface area contributed by atoms with Crippen LogP contribution >= 0.6 is 25.8 Å². The summed E-state index contributed by atoms with van der Waals surface area (Å²) in [6.45, 7) is -10.1. The maximum Gasteiger partial charge on any atom is 0.386 e. The summed E-state index contributed by atoms with van der Waals surface area (Å²) in [6, 6.07) is 0. The van der Waals surface area contributed by atoms with Crippen molar-refractivity contribution in [1.82, 2.24) is 39.0 Å². The van der Waals surface area contributed by atoms with Crippen molar-refractivity contribution in [3.8, 4) is 0 Å². The van der Waals surface area contributed by atoms with Gasteiger partial charge in [0.1, 0.15) is 54.2 Å². The number of H-pyrrole nitrogens is 1. The Morgan fingerprint density at radius 2 is 1.69 bits per heavy atom. The lowest BCUT2D eigenvalue weighted by Crippen LogP contribution is -2.37. The van der Waals surface area contributed by atoms with E-state index in [1.807, 2.05) is 0 Å². The van der Waals surface area contributed by atoms with E-state index >= 15 is 4.39 Å². The van der Waals surface area contributed by atoms with Gasteiger partial charge in [-0.1, -0.05) is 12.2 Å². The van der Waals surface area contributed by atoms with Crippen molar-refractivity contribution in [3.63, 3.8) is 0 Å². The molecule has 0 radical (unpaired) electrons. The molecule has 0 aliphatic carbocycles. The lowest BCUT2D eigenvalue weighted by Gasteiger charge is -2.27. The van der Waals surface area contributed by atoms with Crippen LogP contribution in [0.2, 0.25) is 0 Å². The van der Waals surface area contributed by atoms with Crippen LogP contribution in [-0.2, 0) is 43.9 Å². The van der Waals surface area contributed by atoms with Gasteiger partial charge >= 0.3 is 19.2 Å². The Hall–Kier alpha value is -2.66. The van der Waals surface area contributed by atoms with Gasteiger partial charge in [0, 0.05) is 0 Å². The summed E-state index contributed by atoms with van der Waals surface area (Å²) in [7, 11) is 0. The van der Waals surface area contributed by atoms with Gasteiger partial charge in [0.2, 0.25) is 0 Å². The molecule has 242 valence electrons. The standard InChI is InChI=1S/C20H23FN10O10P2S2/c21-8-6-1-36-43(35,45)41-13-11(32)7(39-19(13)31-17-10(29-20(31)33)15(23)25-4-27-17)2-37-42(34,44)40-12(8)18(38-6)30-5-28-9-14(22)24-3-26-16(9)30/h3-8,11-13,18-19,32H,1-2H2,(H,29,33)(H,34,44)(H,35,45)(H2,22,24,26)(H2,23,25,27)/t6-,7-,8-,11-,12-,13-,18-,19-,42?,43?/m1/s1. The number of nitrogens with two attached hydrogens (primary N) is 2. The fraction of sp³-hybridized carbons (Fsp3) is 0.500. The molecule has 7 rings (SSSR count). The molecular weight excluding hydrogens is 685 g/mol. The predicted octanol–water partition coefficient (Wildman–Crippen LogP) is -0.310. The van der Waals surface area contributed by atoms with Crippen molar-refractivity contribution in [3.05, 3.63) is 29.5 Å². The molecule has 3 saturated heterocycles. The molecule has 25 heteroatoms. The Bertz CT molecular complexity index is 1950. The summed E-state index contributed by atoms with van der Waals surface area (Å²) < 4.78 is 65.5. The third-order valence-corrected chi connectivity index (χ3v) is 10.5. The highest BCUT2D eigenvalue weighted by atomic mass is 32.7. The van der Waals surface area contributed by atoms with E-state index in [4.69, 9.17) is 50.8 Å². The summed E-state index contributed by atoms with van der Waals surface area (Å²) in [5.41, 5.74) is 11.3. The molecule has 0 saturated carbocycles. The number of hydrogen-bond acceptors (Lipinski definition) is 17. The molecular formula is C20H23FN10O10P2S2. The fourth-order valence-corrected chi connectivity index (χ4v) is 8.16. The third-order valence-electron chi connectivity index (χ3n) is 7.34. The molecule has 3 fully saturated rings. The van der Waals surface area contributed by atoms with Crippen LogP contribution in [0.1, 0.15) is 12.5 Å². The van der Waals surface area contributed by atoms with Gasteiger partial charge in [0.05, 0.1) is 19.5 Å². The van der Waals surface area contributed by atoms with Gasteiger partial charge < -0.3 is 40.4 Å². The number of nitrogen functional groups attached to an aromatic ring is 2. The van der Waals surface area contributed by atoms with Gasteiger partial charge in [-0.2, -0.15) is 0 Å². The van der Waals surface area contributed by atoms with Crippen molar-refractivity contribution in [2.45, 2.75) is 49.1 Å². The third kappa shape index (κ3) is 5.45. The second-order valence-electron chi connectivity index (χ2n) is 10.1. The smallest absolute Gasteiger partial charge is 0.386 e. The van der Waals surface area contributed by atoms with Gasteiger partial charge in [0.25, 0.3) is 0 Å². The van der Waals surface area contributed by atoms with Crippen LogP contribution in [0.25, 0.3) is 22.3 Å². The summed E-state index contributed by atoms with van der Waals surface area (Å²) in [5, 5.41) is 11.2. The van der Waals surface area contributed by atoms with E-state index in [0.717, 1.165) is 17.2 Å². The summed E-state index contributed by atoms with van der Waals surface area (Å²) in [6.07, 6.45) is -9.13. The molecule has 0 spiro atoms. The number of aliphatic hydroxyl groups excluding tert-OH is 1. The first-order valence-electron chi connectivity index (χ1n) is 12.9. The second kappa shape index (κ2) is 11.2. The van der Waals surface area contributed by atoms with Crippen LogP contribution in [0.3, 0.4) is 0 Å². The molecule has 2 unspecified atom stereocenters. The van der Waals surface area contributed by atoms with Crippen LogP contribution in [0.4, 0.5) is 16.0 Å². The largest absolute Gasteiger partial charge is 0.387 e.